The van der Waals surface area contributed by atoms with Gasteiger partial charge in [0.15, 0.2) is 18.0 Å². The fraction of sp³-hybridized carbons (Fsp3) is 0.278. The van der Waals surface area contributed by atoms with Gasteiger partial charge in [0.05, 0.1) is 7.05 Å². The quantitative estimate of drug-likeness (QED) is 0.793. The Morgan fingerprint density at radius 1 is 1.20 bits per heavy atom. The zero-order valence-corrected chi connectivity index (χ0v) is 15.4. The third-order valence-corrected chi connectivity index (χ3v) is 4.53. The number of nitrogens with one attached hydrogen (secondary N) is 2. The minimum absolute atomic E-state index is 0.127. The standard InChI is InChI=1S/C18H18BrFN2O3/c1-22(11-18(23)21-14-4-2-13(20)3-5-14)10-12-8-16-17(9-15(12)19)25-7-6-24-16/h2-5,8-9H,6-7,10-11H2,1H3,(H,21,23)/p+1. The number of benzene rings is 2. The van der Waals surface area contributed by atoms with E-state index in [1.807, 2.05) is 19.2 Å². The molecule has 1 aliphatic heterocycles. The molecule has 0 saturated carbocycles. The van der Waals surface area contributed by atoms with Crippen LogP contribution in [0.15, 0.2) is 40.9 Å². The summed E-state index contributed by atoms with van der Waals surface area (Å²) in [4.78, 5) is 13.1. The van der Waals surface area contributed by atoms with Crippen molar-refractivity contribution in [2.45, 2.75) is 6.54 Å². The van der Waals surface area contributed by atoms with Crippen LogP contribution in [0.1, 0.15) is 5.56 Å². The third-order valence-electron chi connectivity index (χ3n) is 3.79. The number of rotatable bonds is 5. The first-order valence-corrected chi connectivity index (χ1v) is 8.75. The number of amides is 1. The molecule has 1 heterocycles. The molecule has 25 heavy (non-hydrogen) atoms. The summed E-state index contributed by atoms with van der Waals surface area (Å²) in [5, 5.41) is 2.77. The van der Waals surface area contributed by atoms with Gasteiger partial charge in [0.2, 0.25) is 0 Å². The first-order chi connectivity index (χ1) is 12.0. The first kappa shape index (κ1) is 17.7. The molecule has 0 fully saturated rings. The van der Waals surface area contributed by atoms with Crippen LogP contribution in [0.3, 0.4) is 0 Å². The fourth-order valence-electron chi connectivity index (χ4n) is 2.64. The van der Waals surface area contributed by atoms with Crippen LogP contribution in [-0.2, 0) is 11.3 Å². The van der Waals surface area contributed by atoms with Gasteiger partial charge in [0, 0.05) is 15.7 Å². The average Bonchev–Trinajstić information content (AvgIpc) is 2.57. The van der Waals surface area contributed by atoms with Gasteiger partial charge in [0.25, 0.3) is 5.91 Å². The fourth-order valence-corrected chi connectivity index (χ4v) is 3.10. The van der Waals surface area contributed by atoms with Crippen molar-refractivity contribution in [3.63, 3.8) is 0 Å². The normalized spacial score (nSPS) is 14.0. The maximum atomic E-state index is 12.9. The maximum absolute atomic E-state index is 12.9. The summed E-state index contributed by atoms with van der Waals surface area (Å²) in [5.41, 5.74) is 1.62. The van der Waals surface area contributed by atoms with E-state index in [4.69, 9.17) is 9.47 Å². The molecule has 2 aromatic carbocycles. The molecule has 1 aliphatic rings. The molecular formula is C18H19BrFN2O3+. The number of quaternary nitrogens is 1. The summed E-state index contributed by atoms with van der Waals surface area (Å²) in [6.45, 7) is 2.02. The van der Waals surface area contributed by atoms with Crippen LogP contribution in [0.25, 0.3) is 0 Å². The highest BCUT2D eigenvalue weighted by Gasteiger charge is 2.18. The number of carbonyl (C=O) groups is 1. The van der Waals surface area contributed by atoms with E-state index in [-0.39, 0.29) is 18.3 Å². The Bertz CT molecular complexity index is 768. The molecule has 5 nitrogen and oxygen atoms in total. The van der Waals surface area contributed by atoms with Crippen LogP contribution < -0.4 is 19.7 Å². The molecule has 2 N–H and O–H groups in total. The Morgan fingerprint density at radius 2 is 1.84 bits per heavy atom. The minimum atomic E-state index is -0.329. The van der Waals surface area contributed by atoms with Crippen LogP contribution >= 0.6 is 15.9 Å². The van der Waals surface area contributed by atoms with Crippen molar-refractivity contribution in [1.29, 1.82) is 0 Å². The van der Waals surface area contributed by atoms with Gasteiger partial charge in [-0.3, -0.25) is 4.79 Å². The van der Waals surface area contributed by atoms with E-state index >= 15 is 0 Å². The highest BCUT2D eigenvalue weighted by Crippen LogP contribution is 2.35. The Morgan fingerprint density at radius 3 is 2.52 bits per heavy atom. The predicted octanol–water partition coefficient (Wildman–Crippen LogP) is 2.01. The van der Waals surface area contributed by atoms with E-state index in [0.717, 1.165) is 26.4 Å². The molecule has 1 amide bonds. The van der Waals surface area contributed by atoms with Crippen molar-refractivity contribution in [1.82, 2.24) is 0 Å². The van der Waals surface area contributed by atoms with Gasteiger partial charge in [-0.2, -0.15) is 0 Å². The lowest BCUT2D eigenvalue weighted by Crippen LogP contribution is -3.08. The van der Waals surface area contributed by atoms with E-state index in [2.05, 4.69) is 21.2 Å². The number of halogens is 2. The Balaban J connectivity index is 1.59. The van der Waals surface area contributed by atoms with Gasteiger partial charge >= 0.3 is 0 Å². The number of ether oxygens (including phenoxy) is 2. The molecule has 0 bridgehead atoms. The number of carbonyl (C=O) groups excluding carboxylic acids is 1. The molecule has 0 saturated heterocycles. The van der Waals surface area contributed by atoms with Crippen molar-refractivity contribution in [3.05, 3.63) is 52.3 Å². The molecule has 0 radical (unpaired) electrons. The second-order valence-electron chi connectivity index (χ2n) is 5.95. The topological polar surface area (TPSA) is 52.0 Å². The van der Waals surface area contributed by atoms with Crippen molar-refractivity contribution >= 4 is 27.5 Å². The lowest BCUT2D eigenvalue weighted by Gasteiger charge is -2.21. The Labute approximate surface area is 153 Å². The van der Waals surface area contributed by atoms with E-state index in [0.29, 0.717) is 25.4 Å². The summed E-state index contributed by atoms with van der Waals surface area (Å²) in [6, 6.07) is 9.56. The molecule has 7 heteroatoms. The molecule has 132 valence electrons. The zero-order valence-electron chi connectivity index (χ0n) is 13.8. The van der Waals surface area contributed by atoms with Crippen LogP contribution in [0.2, 0.25) is 0 Å². The van der Waals surface area contributed by atoms with Crippen molar-refractivity contribution in [3.8, 4) is 11.5 Å². The first-order valence-electron chi connectivity index (χ1n) is 7.96. The molecule has 0 aromatic heterocycles. The van der Waals surface area contributed by atoms with Crippen LogP contribution in [0, 0.1) is 5.82 Å². The lowest BCUT2D eigenvalue weighted by atomic mass is 10.2. The summed E-state index contributed by atoms with van der Waals surface area (Å²) in [5.74, 6) is 1.00. The molecule has 0 spiro atoms. The number of fused-ring (bicyclic) bond motifs is 1. The molecule has 1 atom stereocenters. The zero-order chi connectivity index (χ0) is 17.8. The van der Waals surface area contributed by atoms with Crippen molar-refractivity contribution in [2.24, 2.45) is 0 Å². The third kappa shape index (κ3) is 4.70. The van der Waals surface area contributed by atoms with Crippen molar-refractivity contribution in [2.75, 3.05) is 32.1 Å². The monoisotopic (exact) mass is 409 g/mol. The SMILES string of the molecule is C[NH+](CC(=O)Nc1ccc(F)cc1)Cc1cc2c(cc1Br)OCCO2. The van der Waals surface area contributed by atoms with Gasteiger partial charge in [0.1, 0.15) is 25.6 Å². The maximum Gasteiger partial charge on any atom is 0.279 e. The minimum Gasteiger partial charge on any atom is -0.486 e. The predicted molar refractivity (Wildman–Crippen MR) is 95.6 cm³/mol. The van der Waals surface area contributed by atoms with Gasteiger partial charge < -0.3 is 19.7 Å². The summed E-state index contributed by atoms with van der Waals surface area (Å²) in [6.07, 6.45) is 0. The summed E-state index contributed by atoms with van der Waals surface area (Å²) in [7, 11) is 1.94. The number of hydrogen-bond donors (Lipinski definition) is 2. The van der Waals surface area contributed by atoms with Crippen LogP contribution in [0.4, 0.5) is 10.1 Å². The van der Waals surface area contributed by atoms with Gasteiger partial charge in [-0.25, -0.2) is 4.39 Å². The van der Waals surface area contributed by atoms with E-state index in [1.165, 1.54) is 12.1 Å². The van der Waals surface area contributed by atoms with Gasteiger partial charge in [-0.15, -0.1) is 0 Å². The van der Waals surface area contributed by atoms with Crippen LogP contribution in [0.5, 0.6) is 11.5 Å². The van der Waals surface area contributed by atoms with E-state index in [9.17, 15) is 9.18 Å². The highest BCUT2D eigenvalue weighted by molar-refractivity contribution is 9.10. The smallest absolute Gasteiger partial charge is 0.279 e. The second-order valence-corrected chi connectivity index (χ2v) is 6.81. The number of anilines is 1. The average molecular weight is 410 g/mol. The highest BCUT2D eigenvalue weighted by atomic mass is 79.9. The van der Waals surface area contributed by atoms with Gasteiger partial charge in [-0.1, -0.05) is 15.9 Å². The molecule has 3 rings (SSSR count). The molecule has 1 unspecified atom stereocenters. The summed E-state index contributed by atoms with van der Waals surface area (Å²) < 4.78 is 25.0. The lowest BCUT2D eigenvalue weighted by molar-refractivity contribution is -0.885. The Hall–Kier alpha value is -2.12. The van der Waals surface area contributed by atoms with Gasteiger partial charge in [-0.05, 0) is 36.4 Å². The summed E-state index contributed by atoms with van der Waals surface area (Å²) >= 11 is 3.55. The molecule has 2 aromatic rings. The van der Waals surface area contributed by atoms with E-state index in [1.54, 1.807) is 12.1 Å². The Kier molecular flexibility index (Phi) is 5.55. The van der Waals surface area contributed by atoms with Crippen LogP contribution in [-0.4, -0.2) is 32.7 Å². The molecule has 0 aliphatic carbocycles. The molecular weight excluding hydrogens is 391 g/mol. The second kappa shape index (κ2) is 7.84. The van der Waals surface area contributed by atoms with Crippen molar-refractivity contribution < 1.29 is 23.6 Å². The number of likely N-dealkylation sites (N-methyl/N-ethyl adjacent to an activating group) is 1. The van der Waals surface area contributed by atoms with E-state index < -0.39 is 0 Å². The largest absolute Gasteiger partial charge is 0.486 e. The number of hydrogen-bond acceptors (Lipinski definition) is 3.